The number of hydrogen-bond acceptors (Lipinski definition) is 3. The van der Waals surface area contributed by atoms with Gasteiger partial charge in [-0.05, 0) is 12.8 Å². The van der Waals surface area contributed by atoms with Crippen molar-refractivity contribution in [2.75, 3.05) is 6.61 Å². The molecule has 0 saturated heterocycles. The molecule has 0 radical (unpaired) electrons. The summed E-state index contributed by atoms with van der Waals surface area (Å²) in [7, 11) is 0. The Morgan fingerprint density at radius 2 is 1.75 bits per heavy atom. The second-order valence-corrected chi connectivity index (χ2v) is 4.27. The highest BCUT2D eigenvalue weighted by Gasteiger charge is 2.25. The maximum absolute atomic E-state index is 11.7. The Balaban J connectivity index is 2.46. The normalized spacial score (nSPS) is 19.8. The van der Waals surface area contributed by atoms with Gasteiger partial charge in [0.25, 0.3) is 0 Å². The van der Waals surface area contributed by atoms with Gasteiger partial charge in [-0.1, -0.05) is 25.7 Å². The molecule has 0 heterocycles. The maximum atomic E-state index is 11.7. The van der Waals surface area contributed by atoms with Crippen LogP contribution in [0.25, 0.3) is 0 Å². The molecule has 0 aliphatic heterocycles. The lowest BCUT2D eigenvalue weighted by Crippen LogP contribution is -2.45. The minimum absolute atomic E-state index is 0.0871. The molecule has 1 atom stereocenters. The molecule has 3 N–H and O–H groups in total. The number of aliphatic carboxylic acids is 1. The van der Waals surface area contributed by atoms with Crippen LogP contribution in [0.3, 0.4) is 0 Å². The van der Waals surface area contributed by atoms with Crippen molar-refractivity contribution >= 4 is 11.9 Å². The second kappa shape index (κ2) is 6.48. The lowest BCUT2D eigenvalue weighted by atomic mass is 9.99. The Morgan fingerprint density at radius 3 is 2.19 bits per heavy atom. The van der Waals surface area contributed by atoms with E-state index in [0.717, 1.165) is 38.5 Å². The number of nitrogens with one attached hydrogen (secondary N) is 1. The fourth-order valence-corrected chi connectivity index (χ4v) is 2.02. The van der Waals surface area contributed by atoms with E-state index in [1.165, 1.54) is 0 Å². The average molecular weight is 229 g/mol. The molecule has 0 unspecified atom stereocenters. The van der Waals surface area contributed by atoms with Gasteiger partial charge < -0.3 is 15.5 Å². The highest BCUT2D eigenvalue weighted by Crippen LogP contribution is 2.22. The molecule has 5 heteroatoms. The molecule has 0 aromatic rings. The third kappa shape index (κ3) is 3.81. The lowest BCUT2D eigenvalue weighted by molar-refractivity contribution is -0.143. The molecule has 0 aromatic heterocycles. The summed E-state index contributed by atoms with van der Waals surface area (Å²) in [6.45, 7) is -0.562. The zero-order valence-electron chi connectivity index (χ0n) is 9.32. The van der Waals surface area contributed by atoms with Gasteiger partial charge in [0.2, 0.25) is 5.91 Å². The van der Waals surface area contributed by atoms with Crippen molar-refractivity contribution in [1.82, 2.24) is 5.32 Å². The van der Waals surface area contributed by atoms with Crippen molar-refractivity contribution in [2.24, 2.45) is 5.92 Å². The monoisotopic (exact) mass is 229 g/mol. The molecule has 92 valence electrons. The molecule has 0 spiro atoms. The van der Waals surface area contributed by atoms with Gasteiger partial charge in [0.1, 0.15) is 6.04 Å². The fourth-order valence-electron chi connectivity index (χ4n) is 2.02. The average Bonchev–Trinajstić information content (AvgIpc) is 2.53. The van der Waals surface area contributed by atoms with Crippen LogP contribution in [0.5, 0.6) is 0 Å². The molecule has 5 nitrogen and oxygen atoms in total. The van der Waals surface area contributed by atoms with Crippen LogP contribution < -0.4 is 5.32 Å². The summed E-state index contributed by atoms with van der Waals surface area (Å²) in [5, 5.41) is 19.9. The number of hydrogen-bond donors (Lipinski definition) is 3. The Hall–Kier alpha value is -1.10. The van der Waals surface area contributed by atoms with Crippen LogP contribution >= 0.6 is 0 Å². The van der Waals surface area contributed by atoms with Crippen molar-refractivity contribution in [3.8, 4) is 0 Å². The number of amides is 1. The quantitative estimate of drug-likeness (QED) is 0.613. The minimum Gasteiger partial charge on any atom is -0.480 e. The van der Waals surface area contributed by atoms with Gasteiger partial charge in [-0.15, -0.1) is 0 Å². The van der Waals surface area contributed by atoms with Crippen LogP contribution in [0, 0.1) is 5.92 Å². The zero-order valence-corrected chi connectivity index (χ0v) is 9.32. The Morgan fingerprint density at radius 1 is 1.19 bits per heavy atom. The summed E-state index contributed by atoms with van der Waals surface area (Å²) >= 11 is 0. The van der Waals surface area contributed by atoms with Crippen LogP contribution in [-0.4, -0.2) is 34.7 Å². The largest absolute Gasteiger partial charge is 0.480 e. The first-order valence-corrected chi connectivity index (χ1v) is 5.79. The first-order chi connectivity index (χ1) is 7.65. The van der Waals surface area contributed by atoms with E-state index in [0.29, 0.717) is 0 Å². The van der Waals surface area contributed by atoms with Crippen molar-refractivity contribution in [1.29, 1.82) is 0 Å². The summed E-state index contributed by atoms with van der Waals surface area (Å²) in [6, 6.07) is -1.17. The zero-order chi connectivity index (χ0) is 12.0. The number of aliphatic hydroxyl groups excluding tert-OH is 1. The van der Waals surface area contributed by atoms with Crippen molar-refractivity contribution in [3.63, 3.8) is 0 Å². The predicted molar refractivity (Wildman–Crippen MR) is 57.8 cm³/mol. The SMILES string of the molecule is O=C(N[C@@H](CO)C(=O)O)C1CCCCCC1. The first kappa shape index (κ1) is 13.0. The van der Waals surface area contributed by atoms with Gasteiger partial charge >= 0.3 is 5.97 Å². The van der Waals surface area contributed by atoms with Gasteiger partial charge in [-0.2, -0.15) is 0 Å². The summed E-state index contributed by atoms with van der Waals surface area (Å²) in [4.78, 5) is 22.4. The fraction of sp³-hybridized carbons (Fsp3) is 0.818. The molecule has 1 aliphatic rings. The van der Waals surface area contributed by atoms with E-state index >= 15 is 0 Å². The molecule has 0 aromatic carbocycles. The highest BCUT2D eigenvalue weighted by molar-refractivity contribution is 5.85. The summed E-state index contributed by atoms with van der Waals surface area (Å²) in [6.07, 6.45) is 5.98. The molecule has 1 amide bonds. The van der Waals surface area contributed by atoms with Crippen LogP contribution in [0.2, 0.25) is 0 Å². The summed E-state index contributed by atoms with van der Waals surface area (Å²) in [5.41, 5.74) is 0. The topological polar surface area (TPSA) is 86.6 Å². The third-order valence-electron chi connectivity index (χ3n) is 3.02. The van der Waals surface area contributed by atoms with Crippen LogP contribution in [0.15, 0.2) is 0 Å². The van der Waals surface area contributed by atoms with Gasteiger partial charge in [0, 0.05) is 5.92 Å². The number of carbonyl (C=O) groups excluding carboxylic acids is 1. The molecule has 1 rings (SSSR count). The summed E-state index contributed by atoms with van der Waals surface area (Å²) in [5.74, 6) is -1.51. The van der Waals surface area contributed by atoms with Crippen LogP contribution in [0.1, 0.15) is 38.5 Å². The Bertz CT molecular complexity index is 246. The van der Waals surface area contributed by atoms with Crippen LogP contribution in [-0.2, 0) is 9.59 Å². The maximum Gasteiger partial charge on any atom is 0.328 e. The van der Waals surface area contributed by atoms with E-state index < -0.39 is 18.6 Å². The van der Waals surface area contributed by atoms with Crippen molar-refractivity contribution in [2.45, 2.75) is 44.6 Å². The first-order valence-electron chi connectivity index (χ1n) is 5.79. The molecular weight excluding hydrogens is 210 g/mol. The minimum atomic E-state index is -1.19. The van der Waals surface area contributed by atoms with E-state index in [-0.39, 0.29) is 11.8 Å². The summed E-state index contributed by atoms with van der Waals surface area (Å²) < 4.78 is 0. The standard InChI is InChI=1S/C11H19NO4/c13-7-9(11(15)16)12-10(14)8-5-3-1-2-4-6-8/h8-9,13H,1-7H2,(H,12,14)(H,15,16)/t9-/m0/s1. The number of carboxylic acids is 1. The smallest absolute Gasteiger partial charge is 0.328 e. The van der Waals surface area contributed by atoms with Crippen molar-refractivity contribution in [3.05, 3.63) is 0 Å². The highest BCUT2D eigenvalue weighted by atomic mass is 16.4. The van der Waals surface area contributed by atoms with Gasteiger partial charge in [0.05, 0.1) is 6.61 Å². The number of rotatable bonds is 4. The second-order valence-electron chi connectivity index (χ2n) is 4.27. The van der Waals surface area contributed by atoms with Gasteiger partial charge in [-0.3, -0.25) is 4.79 Å². The number of carboxylic acid groups (broad SMARTS) is 1. The van der Waals surface area contributed by atoms with E-state index in [2.05, 4.69) is 5.32 Å². The lowest BCUT2D eigenvalue weighted by Gasteiger charge is -2.17. The molecule has 1 aliphatic carbocycles. The predicted octanol–water partition coefficient (Wildman–Crippen LogP) is 0.518. The van der Waals surface area contributed by atoms with Gasteiger partial charge in [-0.25, -0.2) is 4.79 Å². The third-order valence-corrected chi connectivity index (χ3v) is 3.02. The molecule has 1 saturated carbocycles. The molecule has 16 heavy (non-hydrogen) atoms. The van der Waals surface area contributed by atoms with Crippen molar-refractivity contribution < 1.29 is 19.8 Å². The van der Waals surface area contributed by atoms with E-state index in [4.69, 9.17) is 10.2 Å². The molecule has 0 bridgehead atoms. The Labute approximate surface area is 94.8 Å². The number of aliphatic hydroxyl groups is 1. The number of carbonyl (C=O) groups is 2. The molecule has 1 fully saturated rings. The van der Waals surface area contributed by atoms with E-state index in [9.17, 15) is 9.59 Å². The van der Waals surface area contributed by atoms with E-state index in [1.807, 2.05) is 0 Å². The van der Waals surface area contributed by atoms with Crippen LogP contribution in [0.4, 0.5) is 0 Å². The van der Waals surface area contributed by atoms with E-state index in [1.54, 1.807) is 0 Å². The van der Waals surface area contributed by atoms with Gasteiger partial charge in [0.15, 0.2) is 0 Å². The Kier molecular flexibility index (Phi) is 5.25. The molecular formula is C11H19NO4.